The van der Waals surface area contributed by atoms with Gasteiger partial charge < -0.3 is 9.30 Å². The molecule has 44 heavy (non-hydrogen) atoms. The fourth-order valence-electron chi connectivity index (χ4n) is 7.44. The molecule has 0 saturated carbocycles. The van der Waals surface area contributed by atoms with E-state index < -0.39 is 0 Å². The molecule has 2 heterocycles. The second kappa shape index (κ2) is 8.82. The van der Waals surface area contributed by atoms with E-state index in [9.17, 15) is 0 Å². The van der Waals surface area contributed by atoms with E-state index in [2.05, 4.69) is 156 Å². The molecular formula is C42H25NO. The van der Waals surface area contributed by atoms with E-state index in [0.717, 1.165) is 22.7 Å². The van der Waals surface area contributed by atoms with Crippen LogP contribution >= 0.6 is 0 Å². The Kier molecular flexibility index (Phi) is 4.75. The van der Waals surface area contributed by atoms with Crippen molar-refractivity contribution in [2.24, 2.45) is 0 Å². The Labute approximate surface area is 254 Å². The monoisotopic (exact) mass is 559 g/mol. The Morgan fingerprint density at radius 2 is 1.11 bits per heavy atom. The lowest BCUT2D eigenvalue weighted by Crippen LogP contribution is -1.97. The molecule has 0 saturated heterocycles. The van der Waals surface area contributed by atoms with Crippen molar-refractivity contribution in [1.82, 2.24) is 4.57 Å². The minimum atomic E-state index is 0.898. The van der Waals surface area contributed by atoms with Crippen molar-refractivity contribution in [3.63, 3.8) is 0 Å². The maximum absolute atomic E-state index is 6.47. The van der Waals surface area contributed by atoms with Crippen LogP contribution in [-0.4, -0.2) is 4.57 Å². The van der Waals surface area contributed by atoms with Crippen LogP contribution in [0.25, 0.3) is 82.1 Å². The SMILES string of the molecule is c1ccc(-n2c3c4ccccc4ccc3c3c(-c4ccc5c(c4)-c4cccc6cccc(c46)O5)cc4ccccc4c32)cc1. The number of hydrogen-bond acceptors (Lipinski definition) is 1. The lowest BCUT2D eigenvalue weighted by molar-refractivity contribution is 0.487. The molecule has 0 aliphatic carbocycles. The van der Waals surface area contributed by atoms with Gasteiger partial charge >= 0.3 is 0 Å². The number of rotatable bonds is 2. The minimum Gasteiger partial charge on any atom is -0.456 e. The van der Waals surface area contributed by atoms with Crippen molar-refractivity contribution in [2.45, 2.75) is 0 Å². The van der Waals surface area contributed by atoms with Gasteiger partial charge in [-0.3, -0.25) is 0 Å². The molecule has 0 amide bonds. The van der Waals surface area contributed by atoms with Crippen LogP contribution < -0.4 is 4.74 Å². The third-order valence-electron chi connectivity index (χ3n) is 9.32. The van der Waals surface area contributed by atoms with E-state index in [4.69, 9.17) is 4.74 Å². The Hall–Kier alpha value is -5.86. The van der Waals surface area contributed by atoms with E-state index in [-0.39, 0.29) is 0 Å². The number of fused-ring (bicyclic) bond motifs is 9. The summed E-state index contributed by atoms with van der Waals surface area (Å²) in [5.41, 5.74) is 8.38. The van der Waals surface area contributed by atoms with Gasteiger partial charge in [0, 0.05) is 38.2 Å². The van der Waals surface area contributed by atoms with Gasteiger partial charge in [0.1, 0.15) is 11.5 Å². The highest BCUT2D eigenvalue weighted by molar-refractivity contribution is 6.28. The Bertz CT molecular complexity index is 2620. The Morgan fingerprint density at radius 3 is 1.98 bits per heavy atom. The third-order valence-corrected chi connectivity index (χ3v) is 9.32. The van der Waals surface area contributed by atoms with E-state index in [1.165, 1.54) is 70.8 Å². The van der Waals surface area contributed by atoms with Crippen LogP contribution in [-0.2, 0) is 0 Å². The van der Waals surface area contributed by atoms with Gasteiger partial charge in [-0.1, -0.05) is 115 Å². The Morgan fingerprint density at radius 1 is 0.386 bits per heavy atom. The first-order chi connectivity index (χ1) is 21.8. The normalized spacial score (nSPS) is 12.3. The smallest absolute Gasteiger partial charge is 0.135 e. The molecule has 0 N–H and O–H groups in total. The van der Waals surface area contributed by atoms with Crippen molar-refractivity contribution in [3.8, 4) is 39.4 Å². The molecule has 0 bridgehead atoms. The summed E-state index contributed by atoms with van der Waals surface area (Å²) in [6.45, 7) is 0. The van der Waals surface area contributed by atoms with Gasteiger partial charge in [0.2, 0.25) is 0 Å². The highest BCUT2D eigenvalue weighted by atomic mass is 16.5. The quantitative estimate of drug-likeness (QED) is 0.205. The highest BCUT2D eigenvalue weighted by Gasteiger charge is 2.24. The topological polar surface area (TPSA) is 14.2 Å². The van der Waals surface area contributed by atoms with Gasteiger partial charge in [0.25, 0.3) is 0 Å². The molecule has 204 valence electrons. The second-order valence-corrected chi connectivity index (χ2v) is 11.7. The Balaban J connectivity index is 1.37. The number of ether oxygens (including phenoxy) is 1. The standard InChI is InChI=1S/C42H25NO/c1-2-14-30(15-3-1)43-41-31-16-6-4-10-26(31)20-22-34(41)40-35(24-28-11-5-7-17-32(28)42(40)43)29-21-23-37-36(25-29)33-18-8-12-27-13-9-19-38(44-37)39(27)33/h1-25H. The molecular weight excluding hydrogens is 534 g/mol. The fourth-order valence-corrected chi connectivity index (χ4v) is 7.44. The van der Waals surface area contributed by atoms with Gasteiger partial charge in [-0.25, -0.2) is 0 Å². The van der Waals surface area contributed by atoms with Crippen molar-refractivity contribution >= 4 is 54.1 Å². The zero-order valence-electron chi connectivity index (χ0n) is 23.8. The molecule has 1 aliphatic rings. The zero-order valence-corrected chi connectivity index (χ0v) is 23.8. The van der Waals surface area contributed by atoms with Crippen molar-refractivity contribution in [3.05, 3.63) is 152 Å². The van der Waals surface area contributed by atoms with E-state index in [1.807, 2.05) is 0 Å². The van der Waals surface area contributed by atoms with Gasteiger partial charge in [0.05, 0.1) is 11.0 Å². The first-order valence-electron chi connectivity index (χ1n) is 15.1. The summed E-state index contributed by atoms with van der Waals surface area (Å²) in [4.78, 5) is 0. The molecule has 9 aromatic rings. The summed E-state index contributed by atoms with van der Waals surface area (Å²) in [6.07, 6.45) is 0. The maximum atomic E-state index is 6.47. The average Bonchev–Trinajstić information content (AvgIpc) is 3.45. The molecule has 0 atom stereocenters. The number of benzene rings is 8. The number of aromatic nitrogens is 1. The molecule has 0 fully saturated rings. The third kappa shape index (κ3) is 3.20. The predicted molar refractivity (Wildman–Crippen MR) is 184 cm³/mol. The highest BCUT2D eigenvalue weighted by Crippen LogP contribution is 2.49. The summed E-state index contributed by atoms with van der Waals surface area (Å²) in [7, 11) is 0. The molecule has 10 rings (SSSR count). The van der Waals surface area contributed by atoms with E-state index in [1.54, 1.807) is 0 Å². The van der Waals surface area contributed by atoms with Gasteiger partial charge in [-0.05, 0) is 69.2 Å². The fraction of sp³-hybridized carbons (Fsp3) is 0. The minimum absolute atomic E-state index is 0.898. The summed E-state index contributed by atoms with van der Waals surface area (Å²) < 4.78 is 8.96. The number of nitrogens with zero attached hydrogens (tertiary/aromatic N) is 1. The van der Waals surface area contributed by atoms with Crippen molar-refractivity contribution < 1.29 is 4.74 Å². The molecule has 0 radical (unpaired) electrons. The molecule has 1 aromatic heterocycles. The average molecular weight is 560 g/mol. The summed E-state index contributed by atoms with van der Waals surface area (Å²) in [6, 6.07) is 54.8. The molecule has 0 unspecified atom stereocenters. The first-order valence-corrected chi connectivity index (χ1v) is 15.1. The van der Waals surface area contributed by atoms with Crippen LogP contribution in [0.4, 0.5) is 0 Å². The predicted octanol–water partition coefficient (Wildman–Crippen LogP) is 11.7. The molecule has 1 aliphatic heterocycles. The molecule has 2 heteroatoms. The second-order valence-electron chi connectivity index (χ2n) is 11.7. The zero-order chi connectivity index (χ0) is 28.8. The van der Waals surface area contributed by atoms with Crippen LogP contribution in [0.5, 0.6) is 11.5 Å². The number of hydrogen-bond donors (Lipinski definition) is 0. The van der Waals surface area contributed by atoms with Crippen LogP contribution in [0.1, 0.15) is 0 Å². The maximum Gasteiger partial charge on any atom is 0.135 e. The first kappa shape index (κ1) is 23.7. The van der Waals surface area contributed by atoms with Gasteiger partial charge in [-0.2, -0.15) is 0 Å². The summed E-state index contributed by atoms with van der Waals surface area (Å²) >= 11 is 0. The van der Waals surface area contributed by atoms with Crippen LogP contribution in [0.2, 0.25) is 0 Å². The van der Waals surface area contributed by atoms with E-state index >= 15 is 0 Å². The lowest BCUT2D eigenvalue weighted by atomic mass is 9.90. The lowest BCUT2D eigenvalue weighted by Gasteiger charge is -2.22. The van der Waals surface area contributed by atoms with Gasteiger partial charge in [-0.15, -0.1) is 0 Å². The van der Waals surface area contributed by atoms with Crippen LogP contribution in [0.3, 0.4) is 0 Å². The summed E-state index contributed by atoms with van der Waals surface area (Å²) in [5.74, 6) is 1.82. The van der Waals surface area contributed by atoms with Crippen LogP contribution in [0, 0.1) is 0 Å². The van der Waals surface area contributed by atoms with Gasteiger partial charge in [0.15, 0.2) is 0 Å². The summed E-state index contributed by atoms with van der Waals surface area (Å²) in [5, 5.41) is 9.85. The largest absolute Gasteiger partial charge is 0.456 e. The molecule has 8 aromatic carbocycles. The number of para-hydroxylation sites is 1. The van der Waals surface area contributed by atoms with Crippen molar-refractivity contribution in [1.29, 1.82) is 0 Å². The van der Waals surface area contributed by atoms with E-state index in [0.29, 0.717) is 0 Å². The van der Waals surface area contributed by atoms with Crippen molar-refractivity contribution in [2.75, 3.05) is 0 Å². The molecule has 2 nitrogen and oxygen atoms in total. The molecule has 0 spiro atoms. The van der Waals surface area contributed by atoms with Crippen LogP contribution in [0.15, 0.2) is 152 Å².